The molecule has 0 spiro atoms. The topological polar surface area (TPSA) is 81.8 Å². The Morgan fingerprint density at radius 3 is 2.20 bits per heavy atom. The van der Waals surface area contributed by atoms with Crippen LogP contribution in [0.3, 0.4) is 0 Å². The number of benzene rings is 2. The van der Waals surface area contributed by atoms with Crippen LogP contribution >= 0.6 is 0 Å². The molecule has 1 fully saturated rings. The summed E-state index contributed by atoms with van der Waals surface area (Å²) in [5.74, 6) is -0.160. The molecule has 1 heterocycles. The number of anilines is 2. The molecule has 1 aliphatic rings. The van der Waals surface area contributed by atoms with Crippen molar-refractivity contribution in [1.82, 2.24) is 10.2 Å². The van der Waals surface area contributed by atoms with Crippen LogP contribution in [-0.2, 0) is 10.0 Å². The Hall–Kier alpha value is -2.58. The summed E-state index contributed by atoms with van der Waals surface area (Å²) in [6.45, 7) is 8.80. The number of aryl methyl sites for hydroxylation is 3. The lowest BCUT2D eigenvalue weighted by Crippen LogP contribution is -2.44. The minimum atomic E-state index is -3.79. The first kappa shape index (κ1) is 22.1. The number of hydrogen-bond donors (Lipinski definition) is 2. The SMILES string of the molecule is Cc1cc(C)c(S(=O)(=O)Nc2ccc(N3CCNCC3)c(C(=O)N(C)C)c2)c(C)c1. The fourth-order valence-electron chi connectivity index (χ4n) is 3.99. The van der Waals surface area contributed by atoms with Gasteiger partial charge < -0.3 is 15.1 Å². The van der Waals surface area contributed by atoms with Crippen molar-refractivity contribution < 1.29 is 13.2 Å². The molecule has 0 bridgehead atoms. The van der Waals surface area contributed by atoms with Gasteiger partial charge in [0, 0.05) is 51.6 Å². The predicted molar refractivity (Wildman–Crippen MR) is 121 cm³/mol. The standard InChI is InChI=1S/C22H30N4O3S/c1-15-12-16(2)21(17(3)13-15)30(28,29)24-18-6-7-20(26-10-8-23-9-11-26)19(14-18)22(27)25(4)5/h6-7,12-14,23-24H,8-11H2,1-5H3. The molecule has 162 valence electrons. The number of nitrogens with one attached hydrogen (secondary N) is 2. The van der Waals surface area contributed by atoms with Crippen molar-refractivity contribution in [3.05, 3.63) is 52.6 Å². The highest BCUT2D eigenvalue weighted by molar-refractivity contribution is 7.92. The van der Waals surface area contributed by atoms with E-state index in [1.165, 1.54) is 4.90 Å². The van der Waals surface area contributed by atoms with Crippen LogP contribution in [0.4, 0.5) is 11.4 Å². The van der Waals surface area contributed by atoms with E-state index in [9.17, 15) is 13.2 Å². The molecule has 2 N–H and O–H groups in total. The largest absolute Gasteiger partial charge is 0.368 e. The van der Waals surface area contributed by atoms with Crippen molar-refractivity contribution in [2.24, 2.45) is 0 Å². The molecule has 0 saturated carbocycles. The van der Waals surface area contributed by atoms with Crippen molar-refractivity contribution in [2.75, 3.05) is 49.9 Å². The molecule has 1 saturated heterocycles. The number of sulfonamides is 1. The number of rotatable bonds is 5. The zero-order chi connectivity index (χ0) is 22.1. The lowest BCUT2D eigenvalue weighted by atomic mass is 10.1. The van der Waals surface area contributed by atoms with E-state index in [0.717, 1.165) is 37.4 Å². The van der Waals surface area contributed by atoms with Crippen molar-refractivity contribution in [2.45, 2.75) is 25.7 Å². The van der Waals surface area contributed by atoms with Crippen LogP contribution in [0.2, 0.25) is 0 Å². The molecular formula is C22H30N4O3S. The monoisotopic (exact) mass is 430 g/mol. The molecular weight excluding hydrogens is 400 g/mol. The van der Waals surface area contributed by atoms with E-state index >= 15 is 0 Å². The second kappa shape index (κ2) is 8.65. The normalized spacial score (nSPS) is 14.5. The van der Waals surface area contributed by atoms with Gasteiger partial charge in [0.25, 0.3) is 15.9 Å². The van der Waals surface area contributed by atoms with E-state index in [1.54, 1.807) is 40.1 Å². The smallest absolute Gasteiger partial charge is 0.262 e. The van der Waals surface area contributed by atoms with Gasteiger partial charge in [0.15, 0.2) is 0 Å². The van der Waals surface area contributed by atoms with Gasteiger partial charge in [-0.05, 0) is 50.1 Å². The van der Waals surface area contributed by atoms with Crippen LogP contribution in [0.1, 0.15) is 27.0 Å². The summed E-state index contributed by atoms with van der Waals surface area (Å²) in [6, 6.07) is 8.90. The molecule has 0 radical (unpaired) electrons. The first-order valence-electron chi connectivity index (χ1n) is 10.0. The Morgan fingerprint density at radius 2 is 1.63 bits per heavy atom. The summed E-state index contributed by atoms with van der Waals surface area (Å²) >= 11 is 0. The third-order valence-electron chi connectivity index (χ3n) is 5.22. The first-order chi connectivity index (χ1) is 14.1. The lowest BCUT2D eigenvalue weighted by molar-refractivity contribution is 0.0828. The molecule has 1 amide bonds. The zero-order valence-electron chi connectivity index (χ0n) is 18.2. The van der Waals surface area contributed by atoms with Gasteiger partial charge in [0.2, 0.25) is 0 Å². The molecule has 30 heavy (non-hydrogen) atoms. The molecule has 2 aromatic carbocycles. The van der Waals surface area contributed by atoms with Crippen LogP contribution in [0, 0.1) is 20.8 Å². The molecule has 0 unspecified atom stereocenters. The maximum atomic E-state index is 13.1. The van der Waals surface area contributed by atoms with Crippen molar-refractivity contribution in [1.29, 1.82) is 0 Å². The average molecular weight is 431 g/mol. The Kier molecular flexibility index (Phi) is 6.38. The summed E-state index contributed by atoms with van der Waals surface area (Å²) < 4.78 is 28.9. The fourth-order valence-corrected chi connectivity index (χ4v) is 5.50. The highest BCUT2D eigenvalue weighted by Crippen LogP contribution is 2.29. The van der Waals surface area contributed by atoms with Crippen molar-refractivity contribution in [3.8, 4) is 0 Å². The van der Waals surface area contributed by atoms with Gasteiger partial charge in [-0.15, -0.1) is 0 Å². The van der Waals surface area contributed by atoms with Gasteiger partial charge >= 0.3 is 0 Å². The number of nitrogens with zero attached hydrogens (tertiary/aromatic N) is 2. The summed E-state index contributed by atoms with van der Waals surface area (Å²) in [7, 11) is -0.402. The summed E-state index contributed by atoms with van der Waals surface area (Å²) in [6.07, 6.45) is 0. The minimum Gasteiger partial charge on any atom is -0.368 e. The number of carbonyl (C=O) groups is 1. The Bertz CT molecular complexity index is 1040. The second-order valence-electron chi connectivity index (χ2n) is 8.00. The second-order valence-corrected chi connectivity index (χ2v) is 9.62. The molecule has 7 nitrogen and oxygen atoms in total. The maximum Gasteiger partial charge on any atom is 0.262 e. The van der Waals surface area contributed by atoms with E-state index < -0.39 is 10.0 Å². The fraction of sp³-hybridized carbons (Fsp3) is 0.409. The molecule has 8 heteroatoms. The molecule has 1 aliphatic heterocycles. The highest BCUT2D eigenvalue weighted by atomic mass is 32.2. The number of amides is 1. The highest BCUT2D eigenvalue weighted by Gasteiger charge is 2.23. The van der Waals surface area contributed by atoms with E-state index in [-0.39, 0.29) is 10.8 Å². The average Bonchev–Trinajstić information content (AvgIpc) is 2.66. The lowest BCUT2D eigenvalue weighted by Gasteiger charge is -2.31. The van der Waals surface area contributed by atoms with Crippen molar-refractivity contribution in [3.63, 3.8) is 0 Å². The van der Waals surface area contributed by atoms with Gasteiger partial charge in [-0.1, -0.05) is 17.7 Å². The molecule has 3 rings (SSSR count). The van der Waals surface area contributed by atoms with E-state index in [0.29, 0.717) is 22.4 Å². The third-order valence-corrected chi connectivity index (χ3v) is 6.90. The number of carbonyl (C=O) groups excluding carboxylic acids is 1. The van der Waals surface area contributed by atoms with Gasteiger partial charge in [-0.3, -0.25) is 9.52 Å². The molecule has 0 aromatic heterocycles. The molecule has 2 aromatic rings. The summed E-state index contributed by atoms with van der Waals surface area (Å²) in [5, 5.41) is 3.30. The van der Waals surface area contributed by atoms with Gasteiger partial charge in [-0.2, -0.15) is 0 Å². The van der Waals surface area contributed by atoms with Crippen LogP contribution in [0.25, 0.3) is 0 Å². The number of hydrogen-bond acceptors (Lipinski definition) is 5. The Balaban J connectivity index is 2.00. The predicted octanol–water partition coefficient (Wildman–Crippen LogP) is 2.52. The zero-order valence-corrected chi connectivity index (χ0v) is 19.1. The first-order valence-corrected chi connectivity index (χ1v) is 11.5. The van der Waals surface area contributed by atoms with E-state index in [2.05, 4.69) is 14.9 Å². The quantitative estimate of drug-likeness (QED) is 0.762. The van der Waals surface area contributed by atoms with Crippen LogP contribution in [-0.4, -0.2) is 59.5 Å². The van der Waals surface area contributed by atoms with Crippen LogP contribution in [0.5, 0.6) is 0 Å². The summed E-state index contributed by atoms with van der Waals surface area (Å²) in [5.41, 5.74) is 4.09. The van der Waals surface area contributed by atoms with Crippen molar-refractivity contribution >= 4 is 27.3 Å². The third kappa shape index (κ3) is 4.60. The Labute approximate surface area is 179 Å². The van der Waals surface area contributed by atoms with Gasteiger partial charge in [0.05, 0.1) is 10.5 Å². The number of piperazine rings is 1. The maximum absolute atomic E-state index is 13.1. The van der Waals surface area contributed by atoms with Gasteiger partial charge in [0.1, 0.15) is 0 Å². The Morgan fingerprint density at radius 1 is 1.03 bits per heavy atom. The van der Waals surface area contributed by atoms with Gasteiger partial charge in [-0.25, -0.2) is 8.42 Å². The van der Waals surface area contributed by atoms with E-state index in [1.807, 2.05) is 25.1 Å². The van der Waals surface area contributed by atoms with Crippen LogP contribution < -0.4 is 14.9 Å². The minimum absolute atomic E-state index is 0.160. The molecule has 0 atom stereocenters. The molecule has 0 aliphatic carbocycles. The van der Waals surface area contributed by atoms with Crippen LogP contribution in [0.15, 0.2) is 35.2 Å². The van der Waals surface area contributed by atoms with E-state index in [4.69, 9.17) is 0 Å². The summed E-state index contributed by atoms with van der Waals surface area (Å²) in [4.78, 5) is 16.8.